The molecule has 1 aliphatic carbocycles. The van der Waals surface area contributed by atoms with Crippen LogP contribution in [0, 0.1) is 11.8 Å². The first kappa shape index (κ1) is 14.7. The lowest BCUT2D eigenvalue weighted by Gasteiger charge is -2.29. The number of nitrogens with one attached hydrogen (secondary N) is 1. The Morgan fingerprint density at radius 2 is 1.91 bits per heavy atom. The number of aromatic amines is 1. The van der Waals surface area contributed by atoms with Crippen molar-refractivity contribution in [2.75, 3.05) is 0 Å². The van der Waals surface area contributed by atoms with Crippen molar-refractivity contribution >= 4 is 0 Å². The summed E-state index contributed by atoms with van der Waals surface area (Å²) in [5.74, 6) is 2.32. The highest BCUT2D eigenvalue weighted by atomic mass is 16.5. The SMILES string of the molecule is CC1CC(C)CC(c2nc(-c3cn(C)c(=O)[nH]c3=O)no2)C1. The van der Waals surface area contributed by atoms with Crippen LogP contribution in [0.15, 0.2) is 20.3 Å². The lowest BCUT2D eigenvalue weighted by Crippen LogP contribution is -2.28. The van der Waals surface area contributed by atoms with Gasteiger partial charge in [0.25, 0.3) is 5.56 Å². The molecule has 2 heterocycles. The fraction of sp³-hybridized carbons (Fsp3) is 0.600. The van der Waals surface area contributed by atoms with Gasteiger partial charge in [-0.05, 0) is 31.1 Å². The maximum Gasteiger partial charge on any atom is 0.328 e. The zero-order valence-electron chi connectivity index (χ0n) is 13.0. The fourth-order valence-corrected chi connectivity index (χ4v) is 3.38. The highest BCUT2D eigenvalue weighted by molar-refractivity contribution is 5.50. The third-order valence-corrected chi connectivity index (χ3v) is 4.32. The second kappa shape index (κ2) is 5.55. The van der Waals surface area contributed by atoms with Crippen molar-refractivity contribution in [1.82, 2.24) is 19.7 Å². The lowest BCUT2D eigenvalue weighted by atomic mass is 9.77. The number of aromatic nitrogens is 4. The van der Waals surface area contributed by atoms with E-state index in [1.165, 1.54) is 17.2 Å². The van der Waals surface area contributed by atoms with E-state index in [2.05, 4.69) is 29.0 Å². The molecule has 22 heavy (non-hydrogen) atoms. The van der Waals surface area contributed by atoms with E-state index in [-0.39, 0.29) is 17.3 Å². The van der Waals surface area contributed by atoms with Crippen LogP contribution in [0.4, 0.5) is 0 Å². The summed E-state index contributed by atoms with van der Waals surface area (Å²) >= 11 is 0. The molecule has 7 nitrogen and oxygen atoms in total. The minimum atomic E-state index is -0.499. The van der Waals surface area contributed by atoms with E-state index in [4.69, 9.17) is 4.52 Å². The van der Waals surface area contributed by atoms with Gasteiger partial charge in [0, 0.05) is 19.2 Å². The molecule has 0 bridgehead atoms. The van der Waals surface area contributed by atoms with Gasteiger partial charge in [0.05, 0.1) is 0 Å². The summed E-state index contributed by atoms with van der Waals surface area (Å²) in [6.45, 7) is 4.47. The van der Waals surface area contributed by atoms with Crippen molar-refractivity contribution in [3.63, 3.8) is 0 Å². The van der Waals surface area contributed by atoms with Gasteiger partial charge >= 0.3 is 5.69 Å². The van der Waals surface area contributed by atoms with Gasteiger partial charge < -0.3 is 9.09 Å². The van der Waals surface area contributed by atoms with Gasteiger partial charge in [-0.3, -0.25) is 9.78 Å². The molecule has 3 rings (SSSR count). The van der Waals surface area contributed by atoms with Crippen LogP contribution in [-0.2, 0) is 7.05 Å². The van der Waals surface area contributed by atoms with E-state index in [1.807, 2.05) is 0 Å². The largest absolute Gasteiger partial charge is 0.339 e. The highest BCUT2D eigenvalue weighted by Gasteiger charge is 2.29. The summed E-state index contributed by atoms with van der Waals surface area (Å²) in [5.41, 5.74) is -0.720. The molecule has 7 heteroatoms. The van der Waals surface area contributed by atoms with Crippen molar-refractivity contribution in [3.05, 3.63) is 32.9 Å². The molecule has 0 amide bonds. The van der Waals surface area contributed by atoms with E-state index in [0.717, 1.165) is 12.8 Å². The van der Waals surface area contributed by atoms with Gasteiger partial charge in [0.1, 0.15) is 5.56 Å². The summed E-state index contributed by atoms with van der Waals surface area (Å²) in [5, 5.41) is 3.92. The number of hydrogen-bond donors (Lipinski definition) is 1. The Bertz CT molecular complexity index is 779. The van der Waals surface area contributed by atoms with Gasteiger partial charge in [-0.2, -0.15) is 4.98 Å². The van der Waals surface area contributed by atoms with Crippen LogP contribution in [0.5, 0.6) is 0 Å². The van der Waals surface area contributed by atoms with Crippen LogP contribution in [-0.4, -0.2) is 19.7 Å². The van der Waals surface area contributed by atoms with Gasteiger partial charge in [-0.25, -0.2) is 4.79 Å². The van der Waals surface area contributed by atoms with Crippen molar-refractivity contribution in [1.29, 1.82) is 0 Å². The molecule has 0 radical (unpaired) electrons. The van der Waals surface area contributed by atoms with Gasteiger partial charge in [0.15, 0.2) is 0 Å². The summed E-state index contributed by atoms with van der Waals surface area (Å²) in [7, 11) is 1.56. The summed E-state index contributed by atoms with van der Waals surface area (Å²) < 4.78 is 6.67. The molecule has 1 aliphatic rings. The standard InChI is InChI=1S/C15H20N4O3/c1-8-4-9(2)6-10(5-8)14-16-12(18-22-14)11-7-19(3)15(21)17-13(11)20/h7-10H,4-6H2,1-3H3,(H,17,20,21). The maximum absolute atomic E-state index is 11.9. The smallest absolute Gasteiger partial charge is 0.328 e. The summed E-state index contributed by atoms with van der Waals surface area (Å²) in [6, 6.07) is 0. The van der Waals surface area contributed by atoms with Gasteiger partial charge in [-0.1, -0.05) is 19.0 Å². The van der Waals surface area contributed by atoms with E-state index >= 15 is 0 Å². The molecule has 1 saturated carbocycles. The summed E-state index contributed by atoms with van der Waals surface area (Å²) in [4.78, 5) is 29.9. The van der Waals surface area contributed by atoms with Crippen LogP contribution in [0.2, 0.25) is 0 Å². The number of nitrogens with zero attached hydrogens (tertiary/aromatic N) is 3. The molecule has 2 atom stereocenters. The molecule has 1 N–H and O–H groups in total. The number of aryl methyl sites for hydroxylation is 1. The molecular weight excluding hydrogens is 284 g/mol. The van der Waals surface area contributed by atoms with Crippen LogP contribution in [0.25, 0.3) is 11.4 Å². The van der Waals surface area contributed by atoms with Crippen molar-refractivity contribution < 1.29 is 4.52 Å². The fourth-order valence-electron chi connectivity index (χ4n) is 3.38. The summed E-state index contributed by atoms with van der Waals surface area (Å²) in [6.07, 6.45) is 4.70. The zero-order valence-corrected chi connectivity index (χ0v) is 13.0. The predicted molar refractivity (Wildman–Crippen MR) is 80.5 cm³/mol. The predicted octanol–water partition coefficient (Wildman–Crippen LogP) is 1.66. The van der Waals surface area contributed by atoms with Crippen molar-refractivity contribution in [2.24, 2.45) is 18.9 Å². The molecule has 1 fully saturated rings. The molecule has 0 aromatic carbocycles. The lowest BCUT2D eigenvalue weighted by molar-refractivity contribution is 0.229. The minimum absolute atomic E-state index is 0.234. The first-order valence-corrected chi connectivity index (χ1v) is 7.58. The molecular formula is C15H20N4O3. The topological polar surface area (TPSA) is 93.8 Å². The molecule has 0 aliphatic heterocycles. The second-order valence-electron chi connectivity index (χ2n) is 6.48. The third kappa shape index (κ3) is 2.75. The van der Waals surface area contributed by atoms with Crippen molar-refractivity contribution in [2.45, 2.75) is 39.0 Å². The second-order valence-corrected chi connectivity index (χ2v) is 6.48. The zero-order chi connectivity index (χ0) is 15.9. The first-order valence-electron chi connectivity index (χ1n) is 7.58. The Kier molecular flexibility index (Phi) is 3.72. The van der Waals surface area contributed by atoms with Gasteiger partial charge in [-0.15, -0.1) is 0 Å². The Labute approximate surface area is 127 Å². The Morgan fingerprint density at radius 3 is 2.59 bits per heavy atom. The monoisotopic (exact) mass is 304 g/mol. The molecule has 0 spiro atoms. The Hall–Kier alpha value is -2.18. The average molecular weight is 304 g/mol. The van der Waals surface area contributed by atoms with Crippen LogP contribution < -0.4 is 11.2 Å². The quantitative estimate of drug-likeness (QED) is 0.910. The molecule has 118 valence electrons. The Balaban J connectivity index is 1.93. The van der Waals surface area contributed by atoms with Crippen LogP contribution in [0.1, 0.15) is 44.9 Å². The van der Waals surface area contributed by atoms with E-state index in [9.17, 15) is 9.59 Å². The van der Waals surface area contributed by atoms with E-state index in [0.29, 0.717) is 17.7 Å². The molecule has 2 unspecified atom stereocenters. The Morgan fingerprint density at radius 1 is 1.23 bits per heavy atom. The van der Waals surface area contributed by atoms with E-state index in [1.54, 1.807) is 7.05 Å². The molecule has 2 aromatic heterocycles. The van der Waals surface area contributed by atoms with Gasteiger partial charge in [0.2, 0.25) is 11.7 Å². The third-order valence-electron chi connectivity index (χ3n) is 4.32. The number of rotatable bonds is 2. The van der Waals surface area contributed by atoms with E-state index < -0.39 is 11.2 Å². The minimum Gasteiger partial charge on any atom is -0.339 e. The number of hydrogen-bond acceptors (Lipinski definition) is 5. The van der Waals surface area contributed by atoms with Crippen molar-refractivity contribution in [3.8, 4) is 11.4 Å². The maximum atomic E-state index is 11.9. The van der Waals surface area contributed by atoms with Crippen LogP contribution >= 0.6 is 0 Å². The average Bonchev–Trinajstić information content (AvgIpc) is 2.91. The molecule has 2 aromatic rings. The normalized spacial score (nSPS) is 25.3. The van der Waals surface area contributed by atoms with Crippen LogP contribution in [0.3, 0.4) is 0 Å². The first-order chi connectivity index (χ1) is 10.4. The highest BCUT2D eigenvalue weighted by Crippen LogP contribution is 2.38. The molecule has 0 saturated heterocycles. The number of H-pyrrole nitrogens is 1.